The summed E-state index contributed by atoms with van der Waals surface area (Å²) in [6, 6.07) is 15.8. The molecular weight excluding hydrogens is 370 g/mol. The van der Waals surface area contributed by atoms with E-state index in [4.69, 9.17) is 0 Å². The van der Waals surface area contributed by atoms with Crippen LogP contribution in [-0.4, -0.2) is 31.4 Å². The molecule has 0 spiro atoms. The Morgan fingerprint density at radius 1 is 1.00 bits per heavy atom. The number of nitrogens with one attached hydrogen (secondary N) is 1. The fraction of sp³-hybridized carbons (Fsp3) is 0.143. The minimum atomic E-state index is -0.0773. The third-order valence-corrected chi connectivity index (χ3v) is 5.29. The van der Waals surface area contributed by atoms with Crippen LogP contribution in [0.5, 0.6) is 0 Å². The van der Waals surface area contributed by atoms with Gasteiger partial charge in [-0.05, 0) is 38.1 Å². The molecule has 4 aromatic rings. The van der Waals surface area contributed by atoms with Crippen LogP contribution in [0.15, 0.2) is 66.1 Å². The van der Waals surface area contributed by atoms with Gasteiger partial charge in [0.1, 0.15) is 11.4 Å². The number of aryl methyl sites for hydroxylation is 2. The Labute approximate surface area is 167 Å². The van der Waals surface area contributed by atoms with Gasteiger partial charge < -0.3 is 5.32 Å². The molecule has 6 nitrogen and oxygen atoms in total. The Bertz CT molecular complexity index is 1120. The number of nitrogens with zero attached hydrogens (tertiary/aromatic N) is 4. The van der Waals surface area contributed by atoms with Crippen LogP contribution in [0.2, 0.25) is 0 Å². The van der Waals surface area contributed by atoms with Gasteiger partial charge in [0.15, 0.2) is 5.65 Å². The van der Waals surface area contributed by atoms with E-state index in [9.17, 15) is 4.79 Å². The average molecular weight is 389 g/mol. The van der Waals surface area contributed by atoms with Gasteiger partial charge in [-0.25, -0.2) is 14.6 Å². The van der Waals surface area contributed by atoms with Crippen LogP contribution in [0.25, 0.3) is 16.7 Å². The summed E-state index contributed by atoms with van der Waals surface area (Å²) in [6.07, 6.45) is 3.25. The van der Waals surface area contributed by atoms with Crippen molar-refractivity contribution < 1.29 is 4.79 Å². The van der Waals surface area contributed by atoms with Crippen LogP contribution in [0, 0.1) is 13.8 Å². The zero-order valence-corrected chi connectivity index (χ0v) is 16.4. The lowest BCUT2D eigenvalue weighted by molar-refractivity contribution is -0.113. The summed E-state index contributed by atoms with van der Waals surface area (Å²) in [7, 11) is 0. The highest BCUT2D eigenvalue weighted by molar-refractivity contribution is 8.00. The van der Waals surface area contributed by atoms with E-state index in [0.717, 1.165) is 33.0 Å². The SMILES string of the molecule is Cc1ccc(NC(=O)CSc2ncnc3c2cnn3-c2ccc(C)cc2)cc1. The van der Waals surface area contributed by atoms with Crippen molar-refractivity contribution in [2.45, 2.75) is 18.9 Å². The van der Waals surface area contributed by atoms with Gasteiger partial charge in [0, 0.05) is 5.69 Å². The molecule has 1 N–H and O–H groups in total. The van der Waals surface area contributed by atoms with Crippen molar-refractivity contribution in [2.24, 2.45) is 0 Å². The van der Waals surface area contributed by atoms with Gasteiger partial charge in [0.25, 0.3) is 0 Å². The van der Waals surface area contributed by atoms with Crippen molar-refractivity contribution in [1.29, 1.82) is 0 Å². The maximum atomic E-state index is 12.3. The molecule has 0 aliphatic carbocycles. The number of amides is 1. The summed E-state index contributed by atoms with van der Waals surface area (Å²) in [5.41, 5.74) is 4.79. The second kappa shape index (κ2) is 7.82. The highest BCUT2D eigenvalue weighted by Gasteiger charge is 2.13. The van der Waals surface area contributed by atoms with Crippen LogP contribution >= 0.6 is 11.8 Å². The number of hydrogen-bond donors (Lipinski definition) is 1. The van der Waals surface area contributed by atoms with E-state index < -0.39 is 0 Å². The fourth-order valence-electron chi connectivity index (χ4n) is 2.78. The minimum absolute atomic E-state index is 0.0773. The van der Waals surface area contributed by atoms with Gasteiger partial charge >= 0.3 is 0 Å². The number of thioether (sulfide) groups is 1. The average Bonchev–Trinajstić information content (AvgIpc) is 3.13. The summed E-state index contributed by atoms with van der Waals surface area (Å²) in [5, 5.41) is 8.93. The number of carbonyl (C=O) groups is 1. The molecule has 0 saturated heterocycles. The van der Waals surface area contributed by atoms with E-state index >= 15 is 0 Å². The van der Waals surface area contributed by atoms with Crippen molar-refractivity contribution in [3.63, 3.8) is 0 Å². The lowest BCUT2D eigenvalue weighted by Crippen LogP contribution is -2.14. The van der Waals surface area contributed by atoms with Crippen molar-refractivity contribution in [3.05, 3.63) is 72.2 Å². The van der Waals surface area contributed by atoms with Crippen molar-refractivity contribution in [1.82, 2.24) is 19.7 Å². The van der Waals surface area contributed by atoms with Crippen LogP contribution in [-0.2, 0) is 4.79 Å². The maximum absolute atomic E-state index is 12.3. The summed E-state index contributed by atoms with van der Waals surface area (Å²) in [6.45, 7) is 4.06. The largest absolute Gasteiger partial charge is 0.325 e. The van der Waals surface area contributed by atoms with Gasteiger partial charge in [-0.2, -0.15) is 5.10 Å². The molecule has 0 atom stereocenters. The molecule has 1 amide bonds. The number of aromatic nitrogens is 4. The first-order valence-electron chi connectivity index (χ1n) is 8.85. The molecule has 0 radical (unpaired) electrons. The molecule has 0 bridgehead atoms. The molecule has 2 aromatic carbocycles. The molecule has 140 valence electrons. The predicted octanol–water partition coefficient (Wildman–Crippen LogP) is 4.16. The lowest BCUT2D eigenvalue weighted by atomic mass is 10.2. The maximum Gasteiger partial charge on any atom is 0.234 e. The molecule has 7 heteroatoms. The number of benzene rings is 2. The van der Waals surface area contributed by atoms with Gasteiger partial charge in [0.05, 0.1) is 23.0 Å². The summed E-state index contributed by atoms with van der Waals surface area (Å²) >= 11 is 1.37. The fourth-order valence-corrected chi connectivity index (χ4v) is 3.54. The van der Waals surface area contributed by atoms with Crippen molar-refractivity contribution in [2.75, 3.05) is 11.1 Å². The third kappa shape index (κ3) is 3.89. The Balaban J connectivity index is 1.50. The number of anilines is 1. The third-order valence-electron chi connectivity index (χ3n) is 4.28. The molecule has 4 rings (SSSR count). The lowest BCUT2D eigenvalue weighted by Gasteiger charge is -2.06. The molecule has 0 fully saturated rings. The Morgan fingerprint density at radius 2 is 1.68 bits per heavy atom. The smallest absolute Gasteiger partial charge is 0.234 e. The zero-order valence-electron chi connectivity index (χ0n) is 15.6. The molecule has 0 aliphatic heterocycles. The number of carbonyl (C=O) groups excluding carboxylic acids is 1. The number of fused-ring (bicyclic) bond motifs is 1. The second-order valence-corrected chi connectivity index (χ2v) is 7.47. The van der Waals surface area contributed by atoms with E-state index in [1.54, 1.807) is 10.9 Å². The first kappa shape index (κ1) is 18.2. The van der Waals surface area contributed by atoms with Crippen LogP contribution in [0.4, 0.5) is 5.69 Å². The monoisotopic (exact) mass is 389 g/mol. The van der Waals surface area contributed by atoms with Gasteiger partial charge in [0.2, 0.25) is 5.91 Å². The standard InChI is InChI=1S/C21H19N5OS/c1-14-3-7-16(8-4-14)25-19(27)12-28-21-18-11-24-26(20(18)22-13-23-21)17-9-5-15(2)6-10-17/h3-11,13H,12H2,1-2H3,(H,25,27). The van der Waals surface area contributed by atoms with Crippen molar-refractivity contribution >= 4 is 34.4 Å². The summed E-state index contributed by atoms with van der Waals surface area (Å²) in [4.78, 5) is 21.0. The molecule has 0 aliphatic rings. The van der Waals surface area contributed by atoms with Crippen LogP contribution < -0.4 is 5.32 Å². The second-order valence-electron chi connectivity index (χ2n) is 6.51. The molecule has 0 unspecified atom stereocenters. The first-order valence-corrected chi connectivity index (χ1v) is 9.84. The first-order chi connectivity index (χ1) is 13.6. The summed E-state index contributed by atoms with van der Waals surface area (Å²) in [5.74, 6) is 0.182. The minimum Gasteiger partial charge on any atom is -0.325 e. The van der Waals surface area contributed by atoms with E-state index in [0.29, 0.717) is 0 Å². The quantitative estimate of drug-likeness (QED) is 0.410. The normalized spacial score (nSPS) is 10.9. The van der Waals surface area contributed by atoms with E-state index in [-0.39, 0.29) is 11.7 Å². The topological polar surface area (TPSA) is 72.7 Å². The highest BCUT2D eigenvalue weighted by atomic mass is 32.2. The Morgan fingerprint density at radius 3 is 2.39 bits per heavy atom. The summed E-state index contributed by atoms with van der Waals surface area (Å²) < 4.78 is 1.78. The van der Waals surface area contributed by atoms with Crippen LogP contribution in [0.1, 0.15) is 11.1 Å². The zero-order chi connectivity index (χ0) is 19.5. The van der Waals surface area contributed by atoms with Gasteiger partial charge in [-0.3, -0.25) is 4.79 Å². The Hall–Kier alpha value is -3.19. The van der Waals surface area contributed by atoms with E-state index in [2.05, 4.69) is 20.4 Å². The molecular formula is C21H19N5OS. The number of hydrogen-bond acceptors (Lipinski definition) is 5. The highest BCUT2D eigenvalue weighted by Crippen LogP contribution is 2.26. The van der Waals surface area contributed by atoms with Crippen LogP contribution in [0.3, 0.4) is 0 Å². The molecule has 0 saturated carbocycles. The number of rotatable bonds is 5. The molecule has 2 aromatic heterocycles. The van der Waals surface area contributed by atoms with Gasteiger partial charge in [-0.1, -0.05) is 47.2 Å². The molecule has 2 heterocycles. The predicted molar refractivity (Wildman–Crippen MR) is 112 cm³/mol. The van der Waals surface area contributed by atoms with E-state index in [1.807, 2.05) is 62.4 Å². The van der Waals surface area contributed by atoms with Gasteiger partial charge in [-0.15, -0.1) is 0 Å². The molecule has 28 heavy (non-hydrogen) atoms. The van der Waals surface area contributed by atoms with E-state index in [1.165, 1.54) is 23.7 Å². The Kier molecular flexibility index (Phi) is 5.08. The van der Waals surface area contributed by atoms with Crippen molar-refractivity contribution in [3.8, 4) is 5.69 Å².